The molecule has 0 fully saturated rings. The van der Waals surface area contributed by atoms with Gasteiger partial charge in [0.2, 0.25) is 0 Å². The van der Waals surface area contributed by atoms with Gasteiger partial charge in [-0.15, -0.1) is 0 Å². The summed E-state index contributed by atoms with van der Waals surface area (Å²) in [5.74, 6) is 0. The molecule has 3 heteroatoms. The number of rotatable bonds is 3. The van der Waals surface area contributed by atoms with E-state index in [0.29, 0.717) is 5.70 Å². The average molecular weight is 204 g/mol. The van der Waals surface area contributed by atoms with Crippen LogP contribution in [0.25, 0.3) is 0 Å². The van der Waals surface area contributed by atoms with E-state index in [1.54, 1.807) is 6.92 Å². The smallest absolute Gasteiger partial charge is 0.312 e. The van der Waals surface area contributed by atoms with Gasteiger partial charge in [-0.05, 0) is 31.0 Å². The fourth-order valence-corrected chi connectivity index (χ4v) is 1.18. The molecule has 0 radical (unpaired) electrons. The van der Waals surface area contributed by atoms with E-state index in [1.807, 2.05) is 24.3 Å². The van der Waals surface area contributed by atoms with Crippen molar-refractivity contribution < 1.29 is 4.79 Å². The van der Waals surface area contributed by atoms with Crippen LogP contribution >= 0.6 is 0 Å². The van der Waals surface area contributed by atoms with Gasteiger partial charge >= 0.3 is 6.03 Å². The SMILES string of the molecule is C=C(C)NC(=O)Nc1ccc(CC)cc1. The second-order valence-corrected chi connectivity index (χ2v) is 3.41. The molecule has 0 aliphatic heterocycles. The molecule has 80 valence electrons. The van der Waals surface area contributed by atoms with Crippen molar-refractivity contribution >= 4 is 11.7 Å². The second-order valence-electron chi connectivity index (χ2n) is 3.41. The maximum atomic E-state index is 11.3. The third-order valence-electron chi connectivity index (χ3n) is 1.95. The van der Waals surface area contributed by atoms with Crippen molar-refractivity contribution in [2.75, 3.05) is 5.32 Å². The summed E-state index contributed by atoms with van der Waals surface area (Å²) in [7, 11) is 0. The minimum absolute atomic E-state index is 0.258. The lowest BCUT2D eigenvalue weighted by Gasteiger charge is -2.07. The van der Waals surface area contributed by atoms with Gasteiger partial charge < -0.3 is 10.6 Å². The largest absolute Gasteiger partial charge is 0.323 e. The van der Waals surface area contributed by atoms with E-state index in [9.17, 15) is 4.79 Å². The van der Waals surface area contributed by atoms with Gasteiger partial charge in [0.1, 0.15) is 0 Å². The Hall–Kier alpha value is -1.77. The lowest BCUT2D eigenvalue weighted by Crippen LogP contribution is -2.26. The molecule has 2 amide bonds. The number of hydrogen-bond donors (Lipinski definition) is 2. The molecular formula is C12H16N2O. The summed E-state index contributed by atoms with van der Waals surface area (Å²) in [4.78, 5) is 11.3. The molecule has 0 aromatic heterocycles. The maximum absolute atomic E-state index is 11.3. The molecular weight excluding hydrogens is 188 g/mol. The first-order valence-electron chi connectivity index (χ1n) is 4.94. The molecule has 0 saturated carbocycles. The highest BCUT2D eigenvalue weighted by Gasteiger charge is 2.00. The van der Waals surface area contributed by atoms with Gasteiger partial charge in [-0.25, -0.2) is 4.79 Å². The van der Waals surface area contributed by atoms with Crippen LogP contribution in [0.4, 0.5) is 10.5 Å². The molecule has 0 aliphatic carbocycles. The summed E-state index contributed by atoms with van der Waals surface area (Å²) in [5, 5.41) is 5.29. The summed E-state index contributed by atoms with van der Waals surface area (Å²) in [6.45, 7) is 7.42. The number of benzene rings is 1. The van der Waals surface area contributed by atoms with Crippen LogP contribution in [-0.4, -0.2) is 6.03 Å². The number of nitrogens with one attached hydrogen (secondary N) is 2. The monoisotopic (exact) mass is 204 g/mol. The van der Waals surface area contributed by atoms with E-state index >= 15 is 0 Å². The van der Waals surface area contributed by atoms with Gasteiger partial charge in [-0.3, -0.25) is 0 Å². The Morgan fingerprint density at radius 3 is 2.40 bits per heavy atom. The fraction of sp³-hybridized carbons (Fsp3) is 0.250. The van der Waals surface area contributed by atoms with Gasteiger partial charge in [-0.2, -0.15) is 0 Å². The summed E-state index contributed by atoms with van der Waals surface area (Å²) in [6.07, 6.45) is 0.998. The Balaban J connectivity index is 2.57. The number of allylic oxidation sites excluding steroid dienone is 1. The average Bonchev–Trinajstić information content (AvgIpc) is 2.17. The third-order valence-corrected chi connectivity index (χ3v) is 1.95. The van der Waals surface area contributed by atoms with Gasteiger partial charge in [-0.1, -0.05) is 25.6 Å². The van der Waals surface area contributed by atoms with Gasteiger partial charge in [0.15, 0.2) is 0 Å². The molecule has 2 N–H and O–H groups in total. The maximum Gasteiger partial charge on any atom is 0.323 e. The van der Waals surface area contributed by atoms with Crippen molar-refractivity contribution in [3.63, 3.8) is 0 Å². The first-order chi connectivity index (χ1) is 7.11. The highest BCUT2D eigenvalue weighted by Crippen LogP contribution is 2.09. The van der Waals surface area contributed by atoms with E-state index in [0.717, 1.165) is 12.1 Å². The molecule has 1 aromatic rings. The van der Waals surface area contributed by atoms with E-state index < -0.39 is 0 Å². The molecule has 0 atom stereocenters. The van der Waals surface area contributed by atoms with Crippen molar-refractivity contribution in [1.82, 2.24) is 5.32 Å². The van der Waals surface area contributed by atoms with Crippen LogP contribution in [0.5, 0.6) is 0 Å². The standard InChI is InChI=1S/C12H16N2O/c1-4-10-5-7-11(8-6-10)14-12(15)13-9(2)3/h5-8H,2,4H2,1,3H3,(H2,13,14,15). The van der Waals surface area contributed by atoms with Gasteiger partial charge in [0, 0.05) is 11.4 Å². The van der Waals surface area contributed by atoms with Crippen molar-refractivity contribution in [3.05, 3.63) is 42.1 Å². The van der Waals surface area contributed by atoms with Crippen molar-refractivity contribution in [1.29, 1.82) is 0 Å². The quantitative estimate of drug-likeness (QED) is 0.781. The van der Waals surface area contributed by atoms with E-state index in [4.69, 9.17) is 0 Å². The Morgan fingerprint density at radius 1 is 1.33 bits per heavy atom. The number of urea groups is 1. The number of amides is 2. The Kier molecular flexibility index (Phi) is 3.92. The fourth-order valence-electron chi connectivity index (χ4n) is 1.18. The highest BCUT2D eigenvalue weighted by atomic mass is 16.2. The molecule has 0 bridgehead atoms. The van der Waals surface area contributed by atoms with E-state index in [1.165, 1.54) is 5.56 Å². The molecule has 0 aliphatic rings. The number of hydrogen-bond acceptors (Lipinski definition) is 1. The van der Waals surface area contributed by atoms with Crippen LogP contribution in [0, 0.1) is 0 Å². The minimum atomic E-state index is -0.258. The summed E-state index contributed by atoms with van der Waals surface area (Å²) >= 11 is 0. The molecule has 0 saturated heterocycles. The van der Waals surface area contributed by atoms with Crippen LogP contribution in [-0.2, 0) is 6.42 Å². The van der Waals surface area contributed by atoms with Crippen LogP contribution in [0.2, 0.25) is 0 Å². The molecule has 3 nitrogen and oxygen atoms in total. The number of anilines is 1. The second kappa shape index (κ2) is 5.20. The number of carbonyl (C=O) groups excluding carboxylic acids is 1. The molecule has 0 heterocycles. The summed E-state index contributed by atoms with van der Waals surface area (Å²) in [6, 6.07) is 7.51. The lowest BCUT2D eigenvalue weighted by molar-refractivity contribution is 0.254. The van der Waals surface area contributed by atoms with Crippen LogP contribution in [0.1, 0.15) is 19.4 Å². The van der Waals surface area contributed by atoms with E-state index in [2.05, 4.69) is 24.1 Å². The molecule has 0 spiro atoms. The first-order valence-corrected chi connectivity index (χ1v) is 4.94. The van der Waals surface area contributed by atoms with E-state index in [-0.39, 0.29) is 6.03 Å². The number of carbonyl (C=O) groups is 1. The summed E-state index contributed by atoms with van der Waals surface area (Å²) in [5.41, 5.74) is 2.66. The highest BCUT2D eigenvalue weighted by molar-refractivity contribution is 5.90. The Labute approximate surface area is 90.2 Å². The van der Waals surface area contributed by atoms with Crippen LogP contribution < -0.4 is 10.6 Å². The van der Waals surface area contributed by atoms with Crippen molar-refractivity contribution in [2.45, 2.75) is 20.3 Å². The van der Waals surface area contributed by atoms with Gasteiger partial charge in [0.05, 0.1) is 0 Å². The third kappa shape index (κ3) is 3.85. The van der Waals surface area contributed by atoms with Crippen molar-refractivity contribution in [3.8, 4) is 0 Å². The van der Waals surface area contributed by atoms with Crippen molar-refractivity contribution in [2.24, 2.45) is 0 Å². The first kappa shape index (κ1) is 11.3. The zero-order valence-electron chi connectivity index (χ0n) is 9.13. The van der Waals surface area contributed by atoms with Crippen LogP contribution in [0.15, 0.2) is 36.5 Å². The van der Waals surface area contributed by atoms with Gasteiger partial charge in [0.25, 0.3) is 0 Å². The van der Waals surface area contributed by atoms with Crippen LogP contribution in [0.3, 0.4) is 0 Å². The Morgan fingerprint density at radius 2 is 1.93 bits per heavy atom. The molecule has 0 unspecified atom stereocenters. The predicted molar refractivity (Wildman–Crippen MR) is 62.8 cm³/mol. The lowest BCUT2D eigenvalue weighted by atomic mass is 10.1. The normalized spacial score (nSPS) is 9.47. The topological polar surface area (TPSA) is 41.1 Å². The number of aryl methyl sites for hydroxylation is 1. The summed E-state index contributed by atoms with van der Waals surface area (Å²) < 4.78 is 0. The zero-order chi connectivity index (χ0) is 11.3. The predicted octanol–water partition coefficient (Wildman–Crippen LogP) is 2.90. The molecule has 1 rings (SSSR count). The minimum Gasteiger partial charge on any atom is -0.312 e. The zero-order valence-corrected chi connectivity index (χ0v) is 9.13. The molecule has 1 aromatic carbocycles. The molecule has 15 heavy (non-hydrogen) atoms. The Bertz CT molecular complexity index is 354.